The Morgan fingerprint density at radius 3 is 2.39 bits per heavy atom. The number of carbonyl (C=O) groups is 1. The third-order valence-corrected chi connectivity index (χ3v) is 8.24. The summed E-state index contributed by atoms with van der Waals surface area (Å²) in [5.41, 5.74) is 9.11. The number of hydrogen-bond acceptors (Lipinski definition) is 5. The van der Waals surface area contributed by atoms with E-state index in [-0.39, 0.29) is 5.91 Å². The van der Waals surface area contributed by atoms with E-state index in [1.165, 1.54) is 5.56 Å². The first-order valence-corrected chi connectivity index (χ1v) is 14.3. The topological polar surface area (TPSA) is 62.1 Å². The summed E-state index contributed by atoms with van der Waals surface area (Å²) in [5, 5.41) is 5.20. The second-order valence-corrected chi connectivity index (χ2v) is 10.9. The molecule has 7 nitrogen and oxygen atoms in total. The minimum atomic E-state index is -0.259. The van der Waals surface area contributed by atoms with Gasteiger partial charge >= 0.3 is 0 Å². The average molecular weight is 591 g/mol. The van der Waals surface area contributed by atoms with Crippen LogP contribution in [0.15, 0.2) is 77.9 Å². The third kappa shape index (κ3) is 6.43. The number of halogens is 2. The highest BCUT2D eigenvalue weighted by atomic mass is 35.5. The van der Waals surface area contributed by atoms with Crippen LogP contribution in [0, 0.1) is 13.8 Å². The molecule has 212 valence electrons. The van der Waals surface area contributed by atoms with Crippen molar-refractivity contribution in [1.82, 2.24) is 14.9 Å². The first-order valence-electron chi connectivity index (χ1n) is 13.5. The van der Waals surface area contributed by atoms with Gasteiger partial charge < -0.3 is 14.2 Å². The summed E-state index contributed by atoms with van der Waals surface area (Å²) in [4.78, 5) is 17.5. The summed E-state index contributed by atoms with van der Waals surface area (Å²) in [5.74, 6) is 0.648. The zero-order valence-electron chi connectivity index (χ0n) is 23.4. The molecule has 2 heterocycles. The van der Waals surface area contributed by atoms with Gasteiger partial charge in [0.1, 0.15) is 5.75 Å². The number of carbonyl (C=O) groups excluding carboxylic acids is 1. The van der Waals surface area contributed by atoms with Crippen LogP contribution in [0.4, 0.5) is 5.69 Å². The quantitative estimate of drug-likeness (QED) is 0.188. The fraction of sp³-hybridized carbons (Fsp3) is 0.250. The van der Waals surface area contributed by atoms with Gasteiger partial charge in [0.05, 0.1) is 34.7 Å². The number of para-hydroxylation sites is 2. The highest BCUT2D eigenvalue weighted by molar-refractivity contribution is 6.43. The summed E-state index contributed by atoms with van der Waals surface area (Å²) in [6.07, 6.45) is 1.65. The molecule has 0 spiro atoms. The summed E-state index contributed by atoms with van der Waals surface area (Å²) < 4.78 is 7.55. The molecule has 3 aromatic carbocycles. The van der Waals surface area contributed by atoms with Crippen LogP contribution in [-0.2, 0) is 6.54 Å². The van der Waals surface area contributed by atoms with Crippen molar-refractivity contribution in [2.24, 2.45) is 5.10 Å². The molecular formula is C32H33Cl2N5O2. The fourth-order valence-corrected chi connectivity index (χ4v) is 5.62. The van der Waals surface area contributed by atoms with Crippen molar-refractivity contribution in [3.05, 3.63) is 111 Å². The lowest BCUT2D eigenvalue weighted by Crippen LogP contribution is -2.46. The smallest absolute Gasteiger partial charge is 0.271 e. The Hall–Kier alpha value is -3.78. The number of piperazine rings is 1. The number of methoxy groups -OCH3 is 1. The predicted molar refractivity (Wildman–Crippen MR) is 167 cm³/mol. The van der Waals surface area contributed by atoms with E-state index in [2.05, 4.69) is 26.4 Å². The van der Waals surface area contributed by atoms with Gasteiger partial charge in [-0.3, -0.25) is 9.69 Å². The maximum Gasteiger partial charge on any atom is 0.271 e. The van der Waals surface area contributed by atoms with Crippen LogP contribution in [0.25, 0.3) is 5.69 Å². The normalized spacial score (nSPS) is 14.0. The van der Waals surface area contributed by atoms with Crippen LogP contribution in [0.2, 0.25) is 10.0 Å². The maximum atomic E-state index is 12.7. The number of nitrogens with zero attached hydrogens (tertiary/aromatic N) is 4. The van der Waals surface area contributed by atoms with Crippen LogP contribution < -0.4 is 15.1 Å². The highest BCUT2D eigenvalue weighted by Gasteiger charge is 2.20. The van der Waals surface area contributed by atoms with E-state index in [0.717, 1.165) is 66.8 Å². The van der Waals surface area contributed by atoms with E-state index >= 15 is 0 Å². The second-order valence-electron chi connectivity index (χ2n) is 10.1. The Bertz CT molecular complexity index is 1560. The summed E-state index contributed by atoms with van der Waals surface area (Å²) >= 11 is 12.7. The Labute approximate surface area is 250 Å². The van der Waals surface area contributed by atoms with Crippen molar-refractivity contribution in [2.75, 3.05) is 38.2 Å². The number of hydrogen-bond donors (Lipinski definition) is 1. The molecule has 1 fully saturated rings. The lowest BCUT2D eigenvalue weighted by atomic mass is 10.1. The van der Waals surface area contributed by atoms with Crippen molar-refractivity contribution in [3.8, 4) is 11.4 Å². The first-order chi connectivity index (χ1) is 19.9. The summed E-state index contributed by atoms with van der Waals surface area (Å²) in [6, 6.07) is 23.4. The van der Waals surface area contributed by atoms with Gasteiger partial charge in [-0.05, 0) is 61.9 Å². The van der Waals surface area contributed by atoms with Crippen LogP contribution in [-0.4, -0.2) is 54.9 Å². The number of rotatable bonds is 8. The molecule has 0 bridgehead atoms. The number of hydrazone groups is 1. The van der Waals surface area contributed by atoms with Gasteiger partial charge in [-0.15, -0.1) is 0 Å². The molecule has 0 aliphatic carbocycles. The zero-order valence-corrected chi connectivity index (χ0v) is 24.9. The molecule has 0 radical (unpaired) electrons. The Morgan fingerprint density at radius 2 is 1.66 bits per heavy atom. The van der Waals surface area contributed by atoms with E-state index in [4.69, 9.17) is 27.9 Å². The highest BCUT2D eigenvalue weighted by Crippen LogP contribution is 2.31. The molecule has 1 saturated heterocycles. The van der Waals surface area contributed by atoms with Gasteiger partial charge in [0, 0.05) is 55.2 Å². The maximum absolute atomic E-state index is 12.7. The number of ether oxygens (including phenoxy) is 1. The SMILES string of the molecule is COc1ccccc1N1CCN(Cc2ccc(C(=O)N/N=C/c3cc(C)n(-c4cccc(Cl)c4Cl)c3C)cc2)CC1. The van der Waals surface area contributed by atoms with Gasteiger partial charge in [0.25, 0.3) is 5.91 Å². The number of nitrogens with one attached hydrogen (secondary N) is 1. The standard InChI is InChI=1S/C32H33Cl2N5O2/c1-22-19-26(23(2)39(22)29-9-6-7-27(33)31(29)34)20-35-36-32(40)25-13-11-24(12-14-25)21-37-15-17-38(18-16-37)28-8-4-5-10-30(28)41-3/h4-14,19-20H,15-18,21H2,1-3H3,(H,36,40)/b35-20+. The van der Waals surface area contributed by atoms with E-state index in [0.29, 0.717) is 15.6 Å². The van der Waals surface area contributed by atoms with Crippen LogP contribution in [0.1, 0.15) is 32.9 Å². The molecule has 0 unspecified atom stereocenters. The fourth-order valence-electron chi connectivity index (χ4n) is 5.24. The number of amides is 1. The zero-order chi connectivity index (χ0) is 28.9. The van der Waals surface area contributed by atoms with Crippen molar-refractivity contribution >= 4 is 41.0 Å². The Kier molecular flexibility index (Phi) is 8.98. The van der Waals surface area contributed by atoms with E-state index < -0.39 is 0 Å². The first kappa shape index (κ1) is 28.7. The molecule has 1 aliphatic heterocycles. The monoisotopic (exact) mass is 589 g/mol. The molecule has 41 heavy (non-hydrogen) atoms. The molecule has 0 saturated carbocycles. The molecule has 5 rings (SSSR count). The summed E-state index contributed by atoms with van der Waals surface area (Å²) in [7, 11) is 1.71. The minimum Gasteiger partial charge on any atom is -0.495 e. The Morgan fingerprint density at radius 1 is 0.951 bits per heavy atom. The van der Waals surface area contributed by atoms with E-state index in [1.54, 1.807) is 19.4 Å². The number of aromatic nitrogens is 1. The van der Waals surface area contributed by atoms with Gasteiger partial charge in [0.2, 0.25) is 0 Å². The molecule has 1 amide bonds. The minimum absolute atomic E-state index is 0.259. The van der Waals surface area contributed by atoms with E-state index in [1.807, 2.05) is 79.1 Å². The van der Waals surface area contributed by atoms with Crippen molar-refractivity contribution in [2.45, 2.75) is 20.4 Å². The molecule has 0 atom stereocenters. The molecule has 1 aliphatic rings. The largest absolute Gasteiger partial charge is 0.495 e. The second kappa shape index (κ2) is 12.8. The molecule has 1 aromatic heterocycles. The van der Waals surface area contributed by atoms with Gasteiger partial charge in [-0.1, -0.05) is 53.5 Å². The molecule has 1 N–H and O–H groups in total. The van der Waals surface area contributed by atoms with Crippen LogP contribution in [0.5, 0.6) is 5.75 Å². The van der Waals surface area contributed by atoms with Crippen molar-refractivity contribution in [3.63, 3.8) is 0 Å². The number of benzene rings is 3. The van der Waals surface area contributed by atoms with Gasteiger partial charge in [-0.2, -0.15) is 5.10 Å². The predicted octanol–water partition coefficient (Wildman–Crippen LogP) is 6.50. The lowest BCUT2D eigenvalue weighted by molar-refractivity contribution is 0.0955. The van der Waals surface area contributed by atoms with Crippen LogP contribution >= 0.6 is 23.2 Å². The molecular weight excluding hydrogens is 557 g/mol. The Balaban J connectivity index is 1.15. The third-order valence-electron chi connectivity index (χ3n) is 7.43. The van der Waals surface area contributed by atoms with Gasteiger partial charge in [-0.25, -0.2) is 5.43 Å². The van der Waals surface area contributed by atoms with E-state index in [9.17, 15) is 4.79 Å². The molecule has 4 aromatic rings. The number of aryl methyl sites for hydroxylation is 1. The molecule has 9 heteroatoms. The number of anilines is 1. The summed E-state index contributed by atoms with van der Waals surface area (Å²) in [6.45, 7) is 8.59. The lowest BCUT2D eigenvalue weighted by Gasteiger charge is -2.36. The average Bonchev–Trinajstić information content (AvgIpc) is 3.27. The van der Waals surface area contributed by atoms with Gasteiger partial charge in [0.15, 0.2) is 0 Å². The van der Waals surface area contributed by atoms with Crippen molar-refractivity contribution < 1.29 is 9.53 Å². The van der Waals surface area contributed by atoms with Crippen LogP contribution in [0.3, 0.4) is 0 Å². The van der Waals surface area contributed by atoms with Crippen molar-refractivity contribution in [1.29, 1.82) is 0 Å².